The Labute approximate surface area is 101 Å². The Morgan fingerprint density at radius 3 is 2.76 bits per heavy atom. The predicted molar refractivity (Wildman–Crippen MR) is 60.3 cm³/mol. The van der Waals surface area contributed by atoms with Crippen molar-refractivity contribution in [3.8, 4) is 0 Å². The van der Waals surface area contributed by atoms with Crippen LogP contribution >= 0.6 is 0 Å². The molecule has 0 spiro atoms. The Balaban J connectivity index is 1.92. The zero-order chi connectivity index (χ0) is 12.3. The maximum absolute atomic E-state index is 12.1. The van der Waals surface area contributed by atoms with E-state index >= 15 is 0 Å². The number of carbonyl (C=O) groups is 2. The minimum absolute atomic E-state index is 0.0381. The van der Waals surface area contributed by atoms with Crippen LogP contribution in [0.3, 0.4) is 0 Å². The first-order valence-corrected chi connectivity index (χ1v) is 6.20. The summed E-state index contributed by atoms with van der Waals surface area (Å²) in [5.74, 6) is -0.343. The first kappa shape index (κ1) is 12.4. The Hall–Kier alpha value is -1.10. The van der Waals surface area contributed by atoms with Crippen LogP contribution in [0.15, 0.2) is 0 Å². The quantitative estimate of drug-likeness (QED) is 0.663. The maximum Gasteiger partial charge on any atom is 0.310 e. The van der Waals surface area contributed by atoms with E-state index in [-0.39, 0.29) is 23.9 Å². The second-order valence-corrected chi connectivity index (χ2v) is 4.65. The Morgan fingerprint density at radius 2 is 2.12 bits per heavy atom. The van der Waals surface area contributed by atoms with Gasteiger partial charge in [-0.05, 0) is 25.7 Å². The average molecular weight is 241 g/mol. The normalized spacial score (nSPS) is 29.1. The molecule has 0 aromatic heterocycles. The molecule has 2 rings (SSSR count). The molecule has 96 valence electrons. The van der Waals surface area contributed by atoms with Gasteiger partial charge < -0.3 is 14.4 Å². The molecule has 2 aliphatic heterocycles. The van der Waals surface area contributed by atoms with Gasteiger partial charge in [0, 0.05) is 19.7 Å². The van der Waals surface area contributed by atoms with E-state index in [2.05, 4.69) is 0 Å². The van der Waals surface area contributed by atoms with Crippen molar-refractivity contribution in [2.45, 2.75) is 31.8 Å². The molecule has 2 aliphatic rings. The Morgan fingerprint density at radius 1 is 1.29 bits per heavy atom. The molecule has 17 heavy (non-hydrogen) atoms. The van der Waals surface area contributed by atoms with Gasteiger partial charge in [-0.25, -0.2) is 0 Å². The number of ether oxygens (including phenoxy) is 2. The van der Waals surface area contributed by atoms with E-state index in [1.54, 1.807) is 4.90 Å². The van der Waals surface area contributed by atoms with Gasteiger partial charge in [0.05, 0.1) is 13.0 Å². The fourth-order valence-electron chi connectivity index (χ4n) is 2.51. The van der Waals surface area contributed by atoms with Gasteiger partial charge in [-0.1, -0.05) is 0 Å². The van der Waals surface area contributed by atoms with E-state index in [1.165, 1.54) is 7.11 Å². The van der Waals surface area contributed by atoms with E-state index < -0.39 is 0 Å². The lowest BCUT2D eigenvalue weighted by molar-refractivity contribution is -0.151. The number of carbonyl (C=O) groups excluding carboxylic acids is 2. The molecule has 0 radical (unpaired) electrons. The number of piperidine rings is 1. The third kappa shape index (κ3) is 2.77. The van der Waals surface area contributed by atoms with Crippen molar-refractivity contribution in [3.05, 3.63) is 0 Å². The van der Waals surface area contributed by atoms with Crippen molar-refractivity contribution >= 4 is 11.9 Å². The highest BCUT2D eigenvalue weighted by atomic mass is 16.5. The second-order valence-electron chi connectivity index (χ2n) is 4.65. The number of likely N-dealkylation sites (tertiary alicyclic amines) is 1. The summed E-state index contributed by atoms with van der Waals surface area (Å²) in [6.07, 6.45) is 3.13. The minimum atomic E-state index is -0.286. The summed E-state index contributed by atoms with van der Waals surface area (Å²) in [4.78, 5) is 25.3. The van der Waals surface area contributed by atoms with E-state index in [0.29, 0.717) is 13.2 Å². The number of hydrogen-bond donors (Lipinski definition) is 0. The zero-order valence-corrected chi connectivity index (χ0v) is 10.2. The van der Waals surface area contributed by atoms with Crippen molar-refractivity contribution in [1.82, 2.24) is 4.90 Å². The number of methoxy groups -OCH3 is 1. The van der Waals surface area contributed by atoms with Crippen LogP contribution in [0.1, 0.15) is 25.7 Å². The summed E-state index contributed by atoms with van der Waals surface area (Å²) in [7, 11) is 1.39. The highest BCUT2D eigenvalue weighted by Gasteiger charge is 2.33. The summed E-state index contributed by atoms with van der Waals surface area (Å²) in [5.41, 5.74) is 0. The van der Waals surface area contributed by atoms with Gasteiger partial charge in [0.25, 0.3) is 5.91 Å². The monoisotopic (exact) mass is 241 g/mol. The molecule has 0 N–H and O–H groups in total. The molecule has 0 saturated carbocycles. The third-order valence-electron chi connectivity index (χ3n) is 3.47. The first-order valence-electron chi connectivity index (χ1n) is 6.20. The van der Waals surface area contributed by atoms with E-state index in [4.69, 9.17) is 9.47 Å². The van der Waals surface area contributed by atoms with Gasteiger partial charge in [-0.15, -0.1) is 0 Å². The second kappa shape index (κ2) is 5.49. The van der Waals surface area contributed by atoms with Crippen LogP contribution < -0.4 is 0 Å². The SMILES string of the molecule is COC(=O)[C@H]1CCCN(C(=O)[C@H]2CCCO2)C1. The average Bonchev–Trinajstić information content (AvgIpc) is 2.91. The van der Waals surface area contributed by atoms with Crippen LogP contribution in [-0.2, 0) is 19.1 Å². The highest BCUT2D eigenvalue weighted by molar-refractivity contribution is 5.82. The highest BCUT2D eigenvalue weighted by Crippen LogP contribution is 2.21. The van der Waals surface area contributed by atoms with E-state index in [0.717, 1.165) is 32.2 Å². The number of nitrogens with zero attached hydrogens (tertiary/aromatic N) is 1. The van der Waals surface area contributed by atoms with Crippen LogP contribution in [0, 0.1) is 5.92 Å². The maximum atomic E-state index is 12.1. The number of esters is 1. The lowest BCUT2D eigenvalue weighted by Gasteiger charge is -2.32. The Bertz CT molecular complexity index is 299. The zero-order valence-electron chi connectivity index (χ0n) is 10.2. The molecule has 2 fully saturated rings. The molecule has 2 saturated heterocycles. The first-order chi connectivity index (χ1) is 8.22. The molecule has 5 heteroatoms. The predicted octanol–water partition coefficient (Wildman–Crippen LogP) is 0.577. The van der Waals surface area contributed by atoms with Gasteiger partial charge in [-0.3, -0.25) is 9.59 Å². The molecule has 1 amide bonds. The summed E-state index contributed by atoms with van der Waals surface area (Å²) < 4.78 is 10.1. The van der Waals surface area contributed by atoms with Gasteiger partial charge in [0.1, 0.15) is 6.10 Å². The summed E-state index contributed by atoms with van der Waals surface area (Å²) in [6.45, 7) is 1.88. The molecule has 2 heterocycles. The molecule has 0 aliphatic carbocycles. The molecule has 0 aromatic carbocycles. The lowest BCUT2D eigenvalue weighted by Crippen LogP contribution is -2.46. The van der Waals surface area contributed by atoms with E-state index in [1.807, 2.05) is 0 Å². The van der Waals surface area contributed by atoms with Crippen LogP contribution in [0.5, 0.6) is 0 Å². The molecule has 0 bridgehead atoms. The third-order valence-corrected chi connectivity index (χ3v) is 3.47. The smallest absolute Gasteiger partial charge is 0.310 e. The molecular weight excluding hydrogens is 222 g/mol. The molecule has 2 atom stereocenters. The van der Waals surface area contributed by atoms with Crippen molar-refractivity contribution in [2.75, 3.05) is 26.8 Å². The minimum Gasteiger partial charge on any atom is -0.469 e. The molecule has 0 aromatic rings. The van der Waals surface area contributed by atoms with E-state index in [9.17, 15) is 9.59 Å². The van der Waals surface area contributed by atoms with Crippen molar-refractivity contribution in [3.63, 3.8) is 0 Å². The fourth-order valence-corrected chi connectivity index (χ4v) is 2.51. The summed E-state index contributed by atoms with van der Waals surface area (Å²) in [6, 6.07) is 0. The summed E-state index contributed by atoms with van der Waals surface area (Å²) >= 11 is 0. The largest absolute Gasteiger partial charge is 0.469 e. The van der Waals surface area contributed by atoms with Gasteiger partial charge in [0.15, 0.2) is 0 Å². The topological polar surface area (TPSA) is 55.8 Å². The van der Waals surface area contributed by atoms with Gasteiger partial charge in [-0.2, -0.15) is 0 Å². The molecule has 5 nitrogen and oxygen atoms in total. The van der Waals surface area contributed by atoms with Crippen LogP contribution in [-0.4, -0.2) is 49.7 Å². The molecule has 0 unspecified atom stereocenters. The fraction of sp³-hybridized carbons (Fsp3) is 0.833. The van der Waals surface area contributed by atoms with Crippen molar-refractivity contribution in [2.24, 2.45) is 5.92 Å². The van der Waals surface area contributed by atoms with Crippen LogP contribution in [0.4, 0.5) is 0 Å². The van der Waals surface area contributed by atoms with Crippen molar-refractivity contribution < 1.29 is 19.1 Å². The van der Waals surface area contributed by atoms with Gasteiger partial charge >= 0.3 is 5.97 Å². The Kier molecular flexibility index (Phi) is 3.99. The lowest BCUT2D eigenvalue weighted by atomic mass is 9.97. The number of rotatable bonds is 2. The van der Waals surface area contributed by atoms with Crippen LogP contribution in [0.2, 0.25) is 0 Å². The molecular formula is C12H19NO4. The summed E-state index contributed by atoms with van der Waals surface area (Å²) in [5, 5.41) is 0. The number of hydrogen-bond acceptors (Lipinski definition) is 4. The van der Waals surface area contributed by atoms with Gasteiger partial charge in [0.2, 0.25) is 0 Å². The number of amides is 1. The van der Waals surface area contributed by atoms with Crippen LogP contribution in [0.25, 0.3) is 0 Å². The standard InChI is InChI=1S/C12H19NO4/c1-16-12(15)9-4-2-6-13(8-9)11(14)10-5-3-7-17-10/h9-10H,2-8H2,1H3/t9-,10+/m0/s1. The van der Waals surface area contributed by atoms with Crippen molar-refractivity contribution in [1.29, 1.82) is 0 Å².